The molecule has 3 aromatic rings. The molecule has 0 spiro atoms. The van der Waals surface area contributed by atoms with Gasteiger partial charge < -0.3 is 9.73 Å². The van der Waals surface area contributed by atoms with Crippen LogP contribution in [0.3, 0.4) is 0 Å². The Morgan fingerprint density at radius 2 is 1.77 bits per heavy atom. The number of aryl methyl sites for hydroxylation is 1. The van der Waals surface area contributed by atoms with Crippen molar-refractivity contribution in [1.29, 1.82) is 0 Å². The average Bonchev–Trinajstić information content (AvgIpc) is 3.28. The number of nitrogens with one attached hydrogen (secondary N) is 1. The molecule has 1 aliphatic rings. The smallest absolute Gasteiger partial charge is 0.247 e. The van der Waals surface area contributed by atoms with Crippen LogP contribution in [0.25, 0.3) is 11.5 Å². The lowest BCUT2D eigenvalue weighted by Gasteiger charge is -2.36. The molecule has 1 atom stereocenters. The number of piperazine rings is 1. The van der Waals surface area contributed by atoms with E-state index in [4.69, 9.17) is 4.42 Å². The maximum atomic E-state index is 12.5. The highest BCUT2D eigenvalue weighted by molar-refractivity contribution is 5.93. The van der Waals surface area contributed by atoms with E-state index in [2.05, 4.69) is 45.2 Å². The third-order valence-electron chi connectivity index (χ3n) is 6.02. The van der Waals surface area contributed by atoms with Gasteiger partial charge in [0.05, 0.1) is 12.6 Å². The number of carbonyl (C=O) groups excluding carboxylic acids is 1. The number of hydrogen-bond donors (Lipinski definition) is 1. The lowest BCUT2D eigenvalue weighted by Crippen LogP contribution is -2.49. The predicted octanol–water partition coefficient (Wildman–Crippen LogP) is 3.67. The highest BCUT2D eigenvalue weighted by Gasteiger charge is 2.26. The summed E-state index contributed by atoms with van der Waals surface area (Å²) in [6.45, 7) is 9.92. The zero-order chi connectivity index (χ0) is 21.8. The van der Waals surface area contributed by atoms with E-state index in [9.17, 15) is 4.79 Å². The summed E-state index contributed by atoms with van der Waals surface area (Å²) in [6, 6.07) is 15.8. The standard InChI is InChI=1S/C24H29N5O2/c1-17-8-7-11-21(18(17)2)25-22(30)16-28-12-14-29(15-13-28)19(3)23-26-27-24(31-23)20-9-5-4-6-10-20/h4-11,19H,12-16H2,1-3H3,(H,25,30)/t19-/m0/s1. The number of aromatic nitrogens is 2. The van der Waals surface area contributed by atoms with Crippen LogP contribution in [0.2, 0.25) is 0 Å². The number of benzene rings is 2. The predicted molar refractivity (Wildman–Crippen MR) is 121 cm³/mol. The number of nitrogens with zero attached hydrogens (tertiary/aromatic N) is 4. The van der Waals surface area contributed by atoms with Crippen molar-refractivity contribution in [2.45, 2.75) is 26.8 Å². The molecule has 0 saturated carbocycles. The quantitative estimate of drug-likeness (QED) is 0.657. The molecule has 1 amide bonds. The second kappa shape index (κ2) is 9.41. The molecule has 162 valence electrons. The minimum absolute atomic E-state index is 0.0274. The lowest BCUT2D eigenvalue weighted by molar-refractivity contribution is -0.117. The van der Waals surface area contributed by atoms with Crippen molar-refractivity contribution in [3.63, 3.8) is 0 Å². The summed E-state index contributed by atoms with van der Waals surface area (Å²) in [5, 5.41) is 11.5. The van der Waals surface area contributed by atoms with Crippen LogP contribution in [0, 0.1) is 13.8 Å². The maximum absolute atomic E-state index is 12.5. The van der Waals surface area contributed by atoms with Crippen LogP contribution in [-0.2, 0) is 4.79 Å². The SMILES string of the molecule is Cc1cccc(NC(=O)CN2CCN([C@@H](C)c3nnc(-c4ccccc4)o3)CC2)c1C. The van der Waals surface area contributed by atoms with Gasteiger partial charge in [-0.15, -0.1) is 10.2 Å². The first-order valence-electron chi connectivity index (χ1n) is 10.7. The fourth-order valence-corrected chi connectivity index (χ4v) is 3.85. The molecule has 1 aliphatic heterocycles. The van der Waals surface area contributed by atoms with Gasteiger partial charge in [0.15, 0.2) is 0 Å². The van der Waals surface area contributed by atoms with Crippen molar-refractivity contribution in [2.24, 2.45) is 0 Å². The number of carbonyl (C=O) groups is 1. The van der Waals surface area contributed by atoms with Crippen LogP contribution in [0.5, 0.6) is 0 Å². The van der Waals surface area contributed by atoms with Crippen molar-refractivity contribution in [3.8, 4) is 11.5 Å². The molecule has 2 aromatic carbocycles. The Morgan fingerprint density at radius 3 is 2.52 bits per heavy atom. The molecule has 7 heteroatoms. The van der Waals surface area contributed by atoms with Gasteiger partial charge in [-0.1, -0.05) is 30.3 Å². The van der Waals surface area contributed by atoms with Gasteiger partial charge in [-0.3, -0.25) is 14.6 Å². The summed E-state index contributed by atoms with van der Waals surface area (Å²) < 4.78 is 5.92. The first-order valence-corrected chi connectivity index (χ1v) is 10.7. The summed E-state index contributed by atoms with van der Waals surface area (Å²) in [4.78, 5) is 17.0. The zero-order valence-electron chi connectivity index (χ0n) is 18.3. The Hall–Kier alpha value is -3.03. The molecule has 0 radical (unpaired) electrons. The Morgan fingerprint density at radius 1 is 1.03 bits per heavy atom. The van der Waals surface area contributed by atoms with Gasteiger partial charge in [0.1, 0.15) is 0 Å². The first kappa shape index (κ1) is 21.2. The molecule has 1 saturated heterocycles. The van der Waals surface area contributed by atoms with E-state index in [-0.39, 0.29) is 11.9 Å². The second-order valence-electron chi connectivity index (χ2n) is 8.10. The Bertz CT molecular complexity index is 1030. The fraction of sp³-hybridized carbons (Fsp3) is 0.375. The Labute approximate surface area is 183 Å². The van der Waals surface area contributed by atoms with E-state index >= 15 is 0 Å². The van der Waals surface area contributed by atoms with Gasteiger partial charge >= 0.3 is 0 Å². The molecular formula is C24H29N5O2. The second-order valence-corrected chi connectivity index (χ2v) is 8.10. The van der Waals surface area contributed by atoms with Crippen molar-refractivity contribution >= 4 is 11.6 Å². The molecule has 1 N–H and O–H groups in total. The van der Waals surface area contributed by atoms with Gasteiger partial charge in [0.25, 0.3) is 0 Å². The monoisotopic (exact) mass is 419 g/mol. The van der Waals surface area contributed by atoms with E-state index in [1.807, 2.05) is 49.4 Å². The van der Waals surface area contributed by atoms with E-state index in [1.54, 1.807) is 0 Å². The summed E-state index contributed by atoms with van der Waals surface area (Å²) in [5.41, 5.74) is 4.11. The highest BCUT2D eigenvalue weighted by atomic mass is 16.4. The molecule has 31 heavy (non-hydrogen) atoms. The molecule has 2 heterocycles. The number of amides is 1. The average molecular weight is 420 g/mol. The van der Waals surface area contributed by atoms with E-state index in [1.165, 1.54) is 5.56 Å². The van der Waals surface area contributed by atoms with Gasteiger partial charge in [0.2, 0.25) is 17.7 Å². The third kappa shape index (κ3) is 5.00. The largest absolute Gasteiger partial charge is 0.419 e. The number of hydrogen-bond acceptors (Lipinski definition) is 6. The Balaban J connectivity index is 1.29. The topological polar surface area (TPSA) is 74.5 Å². The van der Waals surface area contributed by atoms with E-state index < -0.39 is 0 Å². The fourth-order valence-electron chi connectivity index (χ4n) is 3.85. The number of anilines is 1. The molecule has 1 fully saturated rings. The van der Waals surface area contributed by atoms with E-state index in [0.29, 0.717) is 18.3 Å². The maximum Gasteiger partial charge on any atom is 0.247 e. The van der Waals surface area contributed by atoms with E-state index in [0.717, 1.165) is 43.0 Å². The molecule has 0 aliphatic carbocycles. The van der Waals surface area contributed by atoms with Crippen LogP contribution in [-0.4, -0.2) is 58.6 Å². The highest BCUT2D eigenvalue weighted by Crippen LogP contribution is 2.24. The van der Waals surface area contributed by atoms with Crippen molar-refractivity contribution < 1.29 is 9.21 Å². The molecule has 0 bridgehead atoms. The third-order valence-corrected chi connectivity index (χ3v) is 6.02. The summed E-state index contributed by atoms with van der Waals surface area (Å²) in [6.07, 6.45) is 0. The lowest BCUT2D eigenvalue weighted by atomic mass is 10.1. The molecule has 7 nitrogen and oxygen atoms in total. The molecule has 1 aromatic heterocycles. The van der Waals surface area contributed by atoms with Crippen LogP contribution < -0.4 is 5.32 Å². The minimum atomic E-state index is 0.0274. The molecular weight excluding hydrogens is 390 g/mol. The summed E-state index contributed by atoms with van der Waals surface area (Å²) in [7, 11) is 0. The van der Waals surface area contributed by atoms with Crippen molar-refractivity contribution in [1.82, 2.24) is 20.0 Å². The summed E-state index contributed by atoms with van der Waals surface area (Å²) >= 11 is 0. The van der Waals surface area contributed by atoms with Gasteiger partial charge in [-0.25, -0.2) is 0 Å². The zero-order valence-corrected chi connectivity index (χ0v) is 18.3. The van der Waals surface area contributed by atoms with Crippen molar-refractivity contribution in [3.05, 3.63) is 65.5 Å². The van der Waals surface area contributed by atoms with Gasteiger partial charge in [-0.2, -0.15) is 0 Å². The van der Waals surface area contributed by atoms with Crippen LogP contribution in [0.4, 0.5) is 5.69 Å². The normalized spacial score (nSPS) is 16.2. The minimum Gasteiger partial charge on any atom is -0.419 e. The van der Waals surface area contributed by atoms with Crippen LogP contribution in [0.15, 0.2) is 52.9 Å². The van der Waals surface area contributed by atoms with Gasteiger partial charge in [0, 0.05) is 37.4 Å². The van der Waals surface area contributed by atoms with Crippen molar-refractivity contribution in [2.75, 3.05) is 38.0 Å². The molecule has 4 rings (SSSR count). The number of rotatable bonds is 6. The van der Waals surface area contributed by atoms with Crippen LogP contribution in [0.1, 0.15) is 30.0 Å². The van der Waals surface area contributed by atoms with Crippen LogP contribution >= 0.6 is 0 Å². The summed E-state index contributed by atoms with van der Waals surface area (Å²) in [5.74, 6) is 1.20. The molecule has 0 unspecified atom stereocenters. The Kier molecular flexibility index (Phi) is 6.44. The first-order chi connectivity index (χ1) is 15.0. The van der Waals surface area contributed by atoms with Gasteiger partial charge in [-0.05, 0) is 50.1 Å².